The highest BCUT2D eigenvalue weighted by Gasteiger charge is 2.00. The summed E-state index contributed by atoms with van der Waals surface area (Å²) in [6.07, 6.45) is 0. The summed E-state index contributed by atoms with van der Waals surface area (Å²) in [4.78, 5) is 0. The minimum atomic E-state index is -1.05. The van der Waals surface area contributed by atoms with Crippen molar-refractivity contribution in [3.63, 3.8) is 0 Å². The molecule has 0 rings (SSSR count). The largest absolute Gasteiger partial charge is 0.331 e. The summed E-state index contributed by atoms with van der Waals surface area (Å²) in [6, 6.07) is 0. The van der Waals surface area contributed by atoms with Gasteiger partial charge in [0, 0.05) is 21.3 Å². The van der Waals surface area contributed by atoms with Gasteiger partial charge in [-0.05, 0) is 0 Å². The van der Waals surface area contributed by atoms with Gasteiger partial charge in [0.05, 0.1) is 0 Å². The highest BCUT2D eigenvalue weighted by atomic mass is 127. The normalized spacial score (nSPS) is 9.00. The molecule has 0 saturated carbocycles. The van der Waals surface area contributed by atoms with Crippen LogP contribution < -0.4 is 0 Å². The molecule has 0 amide bonds. The fourth-order valence-corrected chi connectivity index (χ4v) is 0.671. The highest BCUT2D eigenvalue weighted by molar-refractivity contribution is 14.0. The zero-order valence-electron chi connectivity index (χ0n) is 5.08. The Hall–Kier alpha value is 1.04. The van der Waals surface area contributed by atoms with Crippen molar-refractivity contribution in [2.45, 2.75) is 0 Å². The smallest absolute Gasteiger partial charge is 0.316 e. The van der Waals surface area contributed by atoms with E-state index < -0.39 is 8.60 Å². The van der Waals surface area contributed by atoms with E-state index in [-0.39, 0.29) is 24.0 Å². The molecule has 0 aliphatic heterocycles. The van der Waals surface area contributed by atoms with Crippen LogP contribution in [0.2, 0.25) is 0 Å². The van der Waals surface area contributed by atoms with Crippen molar-refractivity contribution in [1.29, 1.82) is 0 Å². The molecule has 3 nitrogen and oxygen atoms in total. The second-order valence-corrected chi connectivity index (χ2v) is 2.31. The first kappa shape index (κ1) is 11.8. The lowest BCUT2D eigenvalue weighted by Crippen LogP contribution is -1.81. The molecule has 0 aromatic heterocycles. The van der Waals surface area contributed by atoms with Gasteiger partial charge in [0.2, 0.25) is 0 Å². The van der Waals surface area contributed by atoms with E-state index in [1.165, 1.54) is 0 Å². The molecule has 0 saturated heterocycles. The van der Waals surface area contributed by atoms with Gasteiger partial charge >= 0.3 is 8.60 Å². The van der Waals surface area contributed by atoms with Crippen molar-refractivity contribution >= 4 is 32.6 Å². The van der Waals surface area contributed by atoms with Gasteiger partial charge in [-0.2, -0.15) is 0 Å². The van der Waals surface area contributed by atoms with Crippen molar-refractivity contribution in [1.82, 2.24) is 0 Å². The summed E-state index contributed by atoms with van der Waals surface area (Å²) >= 11 is 0. The first-order valence-corrected chi connectivity index (χ1v) is 2.87. The number of halogens is 1. The zero-order valence-corrected chi connectivity index (χ0v) is 8.30. The van der Waals surface area contributed by atoms with Crippen LogP contribution in [0.5, 0.6) is 0 Å². The monoisotopic (exact) mass is 252 g/mol. The van der Waals surface area contributed by atoms with Gasteiger partial charge in [-0.3, -0.25) is 0 Å². The summed E-state index contributed by atoms with van der Waals surface area (Å²) in [6.45, 7) is 0. The van der Waals surface area contributed by atoms with E-state index in [1.54, 1.807) is 21.3 Å². The van der Waals surface area contributed by atoms with E-state index in [1.807, 2.05) is 0 Å². The zero-order chi connectivity index (χ0) is 5.70. The van der Waals surface area contributed by atoms with Gasteiger partial charge in [-0.15, -0.1) is 24.0 Å². The fraction of sp³-hybridized carbons (Fsp3) is 1.00. The molecular weight excluding hydrogens is 242 g/mol. The van der Waals surface area contributed by atoms with Crippen LogP contribution >= 0.6 is 32.6 Å². The van der Waals surface area contributed by atoms with Gasteiger partial charge < -0.3 is 13.6 Å². The van der Waals surface area contributed by atoms with Gasteiger partial charge in [-0.25, -0.2) is 0 Å². The molecule has 0 fully saturated rings. The average molecular weight is 252 g/mol. The number of hydrogen-bond donors (Lipinski definition) is 0. The van der Waals surface area contributed by atoms with Crippen molar-refractivity contribution in [3.05, 3.63) is 0 Å². The molecular formula is C3H10IO3P. The molecule has 0 bridgehead atoms. The SMILES string of the molecule is COP(OC)OC.I. The Labute approximate surface area is 67.7 Å². The molecule has 0 atom stereocenters. The molecule has 52 valence electrons. The van der Waals surface area contributed by atoms with E-state index in [2.05, 4.69) is 13.6 Å². The Morgan fingerprint density at radius 2 is 1.12 bits per heavy atom. The van der Waals surface area contributed by atoms with Crippen LogP contribution in [0.15, 0.2) is 0 Å². The van der Waals surface area contributed by atoms with Gasteiger partial charge in [0.1, 0.15) is 0 Å². The van der Waals surface area contributed by atoms with Crippen LogP contribution in [0, 0.1) is 0 Å². The topological polar surface area (TPSA) is 27.7 Å². The number of hydrogen-bond acceptors (Lipinski definition) is 3. The minimum absolute atomic E-state index is 0. The molecule has 0 aliphatic carbocycles. The highest BCUT2D eigenvalue weighted by Crippen LogP contribution is 2.35. The Balaban J connectivity index is 0. The molecule has 0 unspecified atom stereocenters. The third kappa shape index (κ3) is 5.18. The fourth-order valence-electron chi connectivity index (χ4n) is 0.224. The third-order valence-corrected chi connectivity index (χ3v) is 1.34. The molecule has 0 heterocycles. The standard InChI is InChI=1S/C3H9O3P.HI/c1-4-7(5-2)6-3;/h1-3H3;1H. The van der Waals surface area contributed by atoms with Crippen LogP contribution in [-0.4, -0.2) is 21.3 Å². The Kier molecular flexibility index (Phi) is 11.8. The van der Waals surface area contributed by atoms with Crippen LogP contribution in [0.1, 0.15) is 0 Å². The number of rotatable bonds is 3. The Morgan fingerprint density at radius 1 is 0.875 bits per heavy atom. The Bertz CT molecular complexity index is 36.0. The summed E-state index contributed by atoms with van der Waals surface area (Å²) in [5.41, 5.74) is 0. The van der Waals surface area contributed by atoms with E-state index >= 15 is 0 Å². The van der Waals surface area contributed by atoms with E-state index in [0.29, 0.717) is 0 Å². The van der Waals surface area contributed by atoms with Crippen LogP contribution in [0.3, 0.4) is 0 Å². The van der Waals surface area contributed by atoms with Crippen LogP contribution in [0.4, 0.5) is 0 Å². The summed E-state index contributed by atoms with van der Waals surface area (Å²) in [5.74, 6) is 0. The molecule has 5 heteroatoms. The van der Waals surface area contributed by atoms with Crippen molar-refractivity contribution in [2.75, 3.05) is 21.3 Å². The third-order valence-electron chi connectivity index (χ3n) is 0.447. The van der Waals surface area contributed by atoms with E-state index in [0.717, 1.165) is 0 Å². The lowest BCUT2D eigenvalue weighted by molar-refractivity contribution is 0.239. The van der Waals surface area contributed by atoms with Gasteiger partial charge in [0.15, 0.2) is 0 Å². The van der Waals surface area contributed by atoms with Gasteiger partial charge in [-0.1, -0.05) is 0 Å². The lowest BCUT2D eigenvalue weighted by atomic mass is 11.8. The predicted octanol–water partition coefficient (Wildman–Crippen LogP) is 1.77. The quantitative estimate of drug-likeness (QED) is 0.565. The first-order valence-electron chi connectivity index (χ1n) is 1.77. The maximum absolute atomic E-state index is 4.67. The minimum Gasteiger partial charge on any atom is -0.316 e. The summed E-state index contributed by atoms with van der Waals surface area (Å²) in [7, 11) is 3.57. The summed E-state index contributed by atoms with van der Waals surface area (Å²) < 4.78 is 14.0. The van der Waals surface area contributed by atoms with Crippen molar-refractivity contribution < 1.29 is 13.6 Å². The molecule has 0 N–H and O–H groups in total. The molecule has 0 spiro atoms. The van der Waals surface area contributed by atoms with E-state index in [4.69, 9.17) is 0 Å². The second kappa shape index (κ2) is 8.04. The van der Waals surface area contributed by atoms with Gasteiger partial charge in [0.25, 0.3) is 0 Å². The van der Waals surface area contributed by atoms with Crippen LogP contribution in [0.25, 0.3) is 0 Å². The average Bonchev–Trinajstić information content (AvgIpc) is 1.72. The predicted molar refractivity (Wildman–Crippen MR) is 43.4 cm³/mol. The van der Waals surface area contributed by atoms with Crippen LogP contribution in [-0.2, 0) is 13.6 Å². The maximum Gasteiger partial charge on any atom is 0.331 e. The van der Waals surface area contributed by atoms with E-state index in [9.17, 15) is 0 Å². The Morgan fingerprint density at radius 3 is 1.12 bits per heavy atom. The van der Waals surface area contributed by atoms with Crippen molar-refractivity contribution in [3.8, 4) is 0 Å². The van der Waals surface area contributed by atoms with Crippen molar-refractivity contribution in [2.24, 2.45) is 0 Å². The lowest BCUT2D eigenvalue weighted by Gasteiger charge is -2.05. The molecule has 8 heavy (non-hydrogen) atoms. The molecule has 0 aliphatic rings. The molecule has 0 aromatic rings. The first-order chi connectivity index (χ1) is 3.35. The second-order valence-electron chi connectivity index (χ2n) is 0.771. The maximum atomic E-state index is 4.67. The molecule has 0 aromatic carbocycles. The summed E-state index contributed by atoms with van der Waals surface area (Å²) in [5, 5.41) is 0. The molecule has 0 radical (unpaired) electrons.